The predicted molar refractivity (Wildman–Crippen MR) is 54.7 cm³/mol. The molecule has 1 N–H and O–H groups in total. The average Bonchev–Trinajstić information content (AvgIpc) is 2.63. The molecule has 1 amide bonds. The Balaban J connectivity index is 2.44. The highest BCUT2D eigenvalue weighted by atomic mass is 16.3. The van der Waals surface area contributed by atoms with Crippen molar-refractivity contribution < 1.29 is 9.21 Å². The van der Waals surface area contributed by atoms with E-state index in [1.807, 2.05) is 32.0 Å². The monoisotopic (exact) mass is 206 g/mol. The Hall–Kier alpha value is -1.76. The van der Waals surface area contributed by atoms with Gasteiger partial charge in [0.25, 0.3) is 0 Å². The third-order valence-electron chi connectivity index (χ3n) is 2.11. The van der Waals surface area contributed by atoms with Gasteiger partial charge in [0.2, 0.25) is 5.91 Å². The summed E-state index contributed by atoms with van der Waals surface area (Å²) in [4.78, 5) is 11.4. The molecule has 4 heteroatoms. The number of hydrogen-bond donors (Lipinski definition) is 1. The van der Waals surface area contributed by atoms with Crippen LogP contribution in [0.3, 0.4) is 0 Å². The van der Waals surface area contributed by atoms with Crippen LogP contribution >= 0.6 is 0 Å². The second-order valence-electron chi connectivity index (χ2n) is 3.32. The van der Waals surface area contributed by atoms with Gasteiger partial charge in [-0.15, -0.1) is 0 Å². The van der Waals surface area contributed by atoms with E-state index in [1.54, 1.807) is 0 Å². The summed E-state index contributed by atoms with van der Waals surface area (Å²) in [6, 6.07) is 5.60. The molecule has 0 radical (unpaired) electrons. The van der Waals surface area contributed by atoms with Gasteiger partial charge in [-0.2, -0.15) is 5.26 Å². The number of nitrogens with one attached hydrogen (secondary N) is 1. The number of hydrogen-bond acceptors (Lipinski definition) is 3. The van der Waals surface area contributed by atoms with Crippen molar-refractivity contribution in [1.82, 2.24) is 5.32 Å². The predicted octanol–water partition coefficient (Wildman–Crippen LogP) is 1.75. The lowest BCUT2D eigenvalue weighted by molar-refractivity contribution is -0.123. The van der Waals surface area contributed by atoms with Crippen LogP contribution in [-0.2, 0) is 11.3 Å². The van der Waals surface area contributed by atoms with Crippen LogP contribution in [0.15, 0.2) is 16.5 Å². The number of nitriles is 1. The van der Waals surface area contributed by atoms with Gasteiger partial charge in [-0.1, -0.05) is 6.92 Å². The minimum absolute atomic E-state index is 0.242. The molecule has 0 saturated heterocycles. The Kier molecular flexibility index (Phi) is 3.92. The van der Waals surface area contributed by atoms with E-state index in [-0.39, 0.29) is 5.91 Å². The molecule has 1 unspecified atom stereocenters. The van der Waals surface area contributed by atoms with E-state index in [4.69, 9.17) is 9.68 Å². The van der Waals surface area contributed by atoms with Crippen LogP contribution in [0.4, 0.5) is 0 Å². The maximum atomic E-state index is 11.4. The molecule has 0 saturated carbocycles. The zero-order valence-electron chi connectivity index (χ0n) is 8.91. The first-order valence-corrected chi connectivity index (χ1v) is 4.90. The largest absolute Gasteiger partial charge is 0.465 e. The van der Waals surface area contributed by atoms with Crippen molar-refractivity contribution in [3.05, 3.63) is 23.7 Å². The summed E-state index contributed by atoms with van der Waals surface area (Å²) in [5.41, 5.74) is 0. The van der Waals surface area contributed by atoms with Crippen molar-refractivity contribution in [3.63, 3.8) is 0 Å². The molecule has 0 aliphatic rings. The zero-order valence-corrected chi connectivity index (χ0v) is 8.91. The Morgan fingerprint density at radius 3 is 2.87 bits per heavy atom. The second-order valence-corrected chi connectivity index (χ2v) is 3.32. The summed E-state index contributed by atoms with van der Waals surface area (Å²) < 4.78 is 5.28. The van der Waals surface area contributed by atoms with Crippen LogP contribution in [0.1, 0.15) is 24.9 Å². The smallest absolute Gasteiger partial charge is 0.237 e. The molecule has 0 aromatic carbocycles. The Morgan fingerprint density at radius 2 is 2.40 bits per heavy atom. The number of furan rings is 1. The number of aryl methyl sites for hydroxylation is 1. The van der Waals surface area contributed by atoms with Gasteiger partial charge < -0.3 is 9.73 Å². The fraction of sp³-hybridized carbons (Fsp3) is 0.455. The van der Waals surface area contributed by atoms with Crippen molar-refractivity contribution in [2.75, 3.05) is 0 Å². The minimum Gasteiger partial charge on any atom is -0.465 e. The lowest BCUT2D eigenvalue weighted by Gasteiger charge is -2.06. The topological polar surface area (TPSA) is 66.0 Å². The second kappa shape index (κ2) is 5.20. The molecule has 0 aliphatic carbocycles. The number of amides is 1. The SMILES string of the molecule is CCC(C#N)C(=O)NCc1ccc(C)o1. The fourth-order valence-electron chi connectivity index (χ4n) is 1.21. The minimum atomic E-state index is -0.568. The number of carbonyl (C=O) groups excluding carboxylic acids is 1. The summed E-state index contributed by atoms with van der Waals surface area (Å²) in [5, 5.41) is 11.3. The van der Waals surface area contributed by atoms with Crippen LogP contribution < -0.4 is 5.32 Å². The Labute approximate surface area is 88.9 Å². The Morgan fingerprint density at radius 1 is 1.67 bits per heavy atom. The number of nitrogens with zero attached hydrogens (tertiary/aromatic N) is 1. The van der Waals surface area contributed by atoms with Gasteiger partial charge in [0, 0.05) is 0 Å². The molecule has 1 atom stereocenters. The highest BCUT2D eigenvalue weighted by Gasteiger charge is 2.14. The normalized spacial score (nSPS) is 11.8. The van der Waals surface area contributed by atoms with Crippen molar-refractivity contribution in [3.8, 4) is 6.07 Å². The molecular formula is C11H14N2O2. The van der Waals surface area contributed by atoms with Gasteiger partial charge in [0.15, 0.2) is 0 Å². The van der Waals surface area contributed by atoms with Gasteiger partial charge >= 0.3 is 0 Å². The van der Waals surface area contributed by atoms with Crippen LogP contribution in [0.5, 0.6) is 0 Å². The van der Waals surface area contributed by atoms with E-state index in [9.17, 15) is 4.79 Å². The summed E-state index contributed by atoms with van der Waals surface area (Å²) in [7, 11) is 0. The summed E-state index contributed by atoms with van der Waals surface area (Å²) in [5.74, 6) is 0.704. The molecule has 1 aromatic rings. The van der Waals surface area contributed by atoms with E-state index in [2.05, 4.69) is 5.32 Å². The van der Waals surface area contributed by atoms with Gasteiger partial charge in [-0.3, -0.25) is 4.79 Å². The average molecular weight is 206 g/mol. The van der Waals surface area contributed by atoms with E-state index in [0.29, 0.717) is 18.7 Å². The summed E-state index contributed by atoms with van der Waals surface area (Å²) in [6.07, 6.45) is 0.527. The third kappa shape index (κ3) is 3.13. The van der Waals surface area contributed by atoms with Crippen molar-refractivity contribution in [2.24, 2.45) is 5.92 Å². The van der Waals surface area contributed by atoms with Gasteiger partial charge in [0.1, 0.15) is 17.4 Å². The molecule has 1 aromatic heterocycles. The lowest BCUT2D eigenvalue weighted by atomic mass is 10.1. The van der Waals surface area contributed by atoms with Gasteiger partial charge in [-0.05, 0) is 25.5 Å². The highest BCUT2D eigenvalue weighted by molar-refractivity contribution is 5.80. The van der Waals surface area contributed by atoms with Crippen LogP contribution in [-0.4, -0.2) is 5.91 Å². The number of rotatable bonds is 4. The third-order valence-corrected chi connectivity index (χ3v) is 2.11. The van der Waals surface area contributed by atoms with Crippen LogP contribution in [0.2, 0.25) is 0 Å². The molecule has 15 heavy (non-hydrogen) atoms. The quantitative estimate of drug-likeness (QED) is 0.816. The highest BCUT2D eigenvalue weighted by Crippen LogP contribution is 2.06. The first-order chi connectivity index (χ1) is 7.17. The molecule has 4 nitrogen and oxygen atoms in total. The molecule has 1 heterocycles. The van der Waals surface area contributed by atoms with Crippen molar-refractivity contribution in [2.45, 2.75) is 26.8 Å². The molecule has 0 spiro atoms. The van der Waals surface area contributed by atoms with Crippen molar-refractivity contribution in [1.29, 1.82) is 5.26 Å². The van der Waals surface area contributed by atoms with Crippen LogP contribution in [0.25, 0.3) is 0 Å². The summed E-state index contributed by atoms with van der Waals surface area (Å²) in [6.45, 7) is 3.99. The Bertz CT molecular complexity index is 376. The lowest BCUT2D eigenvalue weighted by Crippen LogP contribution is -2.28. The molecular weight excluding hydrogens is 192 g/mol. The molecule has 1 rings (SSSR count). The van der Waals surface area contributed by atoms with Gasteiger partial charge in [0.05, 0.1) is 12.6 Å². The van der Waals surface area contributed by atoms with E-state index >= 15 is 0 Å². The first-order valence-electron chi connectivity index (χ1n) is 4.90. The first kappa shape index (κ1) is 11.3. The molecule has 0 bridgehead atoms. The maximum Gasteiger partial charge on any atom is 0.237 e. The maximum absolute atomic E-state index is 11.4. The molecule has 0 aliphatic heterocycles. The van der Waals surface area contributed by atoms with Crippen LogP contribution in [0, 0.1) is 24.2 Å². The van der Waals surface area contributed by atoms with Crippen molar-refractivity contribution >= 4 is 5.91 Å². The summed E-state index contributed by atoms with van der Waals surface area (Å²) >= 11 is 0. The number of carbonyl (C=O) groups is 1. The van der Waals surface area contributed by atoms with E-state index < -0.39 is 5.92 Å². The van der Waals surface area contributed by atoms with Gasteiger partial charge in [-0.25, -0.2) is 0 Å². The molecule has 80 valence electrons. The molecule has 0 fully saturated rings. The zero-order chi connectivity index (χ0) is 11.3. The fourth-order valence-corrected chi connectivity index (χ4v) is 1.21. The van der Waals surface area contributed by atoms with E-state index in [0.717, 1.165) is 5.76 Å². The standard InChI is InChI=1S/C11H14N2O2/c1-3-9(6-12)11(14)13-7-10-5-4-8(2)15-10/h4-5,9H,3,7H2,1-2H3,(H,13,14). The van der Waals surface area contributed by atoms with E-state index in [1.165, 1.54) is 0 Å².